The van der Waals surface area contributed by atoms with Crippen molar-refractivity contribution in [1.29, 1.82) is 0 Å². The lowest BCUT2D eigenvalue weighted by Gasteiger charge is -2.11. The van der Waals surface area contributed by atoms with Gasteiger partial charge in [0, 0.05) is 6.20 Å². The second kappa shape index (κ2) is 7.40. The number of aryl methyl sites for hydroxylation is 2. The molecule has 23 heavy (non-hydrogen) atoms. The number of pyridine rings is 1. The van der Waals surface area contributed by atoms with Gasteiger partial charge in [-0.25, -0.2) is 4.98 Å². The number of carboxylic acids is 1. The Kier molecular flexibility index (Phi) is 5.30. The number of carboxylic acid groups (broad SMARTS) is 1. The second-order valence-electron chi connectivity index (χ2n) is 5.17. The molecule has 2 aromatic rings. The van der Waals surface area contributed by atoms with E-state index >= 15 is 0 Å². The van der Waals surface area contributed by atoms with Gasteiger partial charge < -0.3 is 15.5 Å². The predicted octanol–water partition coefficient (Wildman–Crippen LogP) is 1.70. The highest BCUT2D eigenvalue weighted by Crippen LogP contribution is 2.24. The van der Waals surface area contributed by atoms with Crippen molar-refractivity contribution < 1.29 is 19.8 Å². The van der Waals surface area contributed by atoms with Crippen LogP contribution < -0.4 is 5.32 Å². The molecular formula is C17H18N2O4. The van der Waals surface area contributed by atoms with Crippen LogP contribution in [0.1, 0.15) is 27.2 Å². The first-order valence-electron chi connectivity index (χ1n) is 7.20. The van der Waals surface area contributed by atoms with Crippen molar-refractivity contribution in [2.75, 3.05) is 6.54 Å². The van der Waals surface area contributed by atoms with E-state index < -0.39 is 18.4 Å². The van der Waals surface area contributed by atoms with Crippen LogP contribution in [0.4, 0.5) is 0 Å². The fourth-order valence-corrected chi connectivity index (χ4v) is 2.21. The molecule has 3 N–H and O–H groups in total. The topological polar surface area (TPSA) is 99.5 Å². The molecule has 0 saturated heterocycles. The van der Waals surface area contributed by atoms with Gasteiger partial charge in [0.2, 0.25) is 0 Å². The number of benzene rings is 1. The summed E-state index contributed by atoms with van der Waals surface area (Å²) in [5.41, 5.74) is 2.44. The number of nitrogens with one attached hydrogen (secondary N) is 1. The Labute approximate surface area is 133 Å². The van der Waals surface area contributed by atoms with Gasteiger partial charge in [-0.05, 0) is 36.5 Å². The van der Waals surface area contributed by atoms with Gasteiger partial charge in [-0.15, -0.1) is 0 Å². The fraction of sp³-hybridized carbons (Fsp3) is 0.235. The molecule has 0 radical (unpaired) electrons. The van der Waals surface area contributed by atoms with Crippen molar-refractivity contribution in [3.8, 4) is 5.75 Å². The fourth-order valence-electron chi connectivity index (χ4n) is 2.21. The van der Waals surface area contributed by atoms with Crippen LogP contribution in [0.15, 0.2) is 36.5 Å². The van der Waals surface area contributed by atoms with Crippen molar-refractivity contribution in [2.24, 2.45) is 0 Å². The summed E-state index contributed by atoms with van der Waals surface area (Å²) in [6.07, 6.45) is 3.04. The van der Waals surface area contributed by atoms with Crippen molar-refractivity contribution in [1.82, 2.24) is 10.3 Å². The molecular weight excluding hydrogens is 296 g/mol. The summed E-state index contributed by atoms with van der Waals surface area (Å²) in [6.45, 7) is 1.19. The lowest BCUT2D eigenvalue weighted by atomic mass is 10.0. The third-order valence-electron chi connectivity index (χ3n) is 3.55. The maximum absolute atomic E-state index is 11.8. The normalized spacial score (nSPS) is 10.3. The molecule has 6 nitrogen and oxygen atoms in total. The van der Waals surface area contributed by atoms with Crippen LogP contribution in [0.25, 0.3) is 0 Å². The molecule has 0 bridgehead atoms. The van der Waals surface area contributed by atoms with Crippen LogP contribution in [-0.4, -0.2) is 33.6 Å². The molecule has 0 fully saturated rings. The molecule has 0 atom stereocenters. The molecule has 120 valence electrons. The second-order valence-corrected chi connectivity index (χ2v) is 5.17. The minimum absolute atomic E-state index is 0.160. The maximum atomic E-state index is 11.8. The van der Waals surface area contributed by atoms with Gasteiger partial charge in [0.05, 0.1) is 0 Å². The van der Waals surface area contributed by atoms with Gasteiger partial charge in [-0.1, -0.05) is 30.3 Å². The van der Waals surface area contributed by atoms with E-state index in [9.17, 15) is 14.7 Å². The molecule has 1 heterocycles. The summed E-state index contributed by atoms with van der Waals surface area (Å²) in [6, 6.07) is 9.93. The van der Waals surface area contributed by atoms with Crippen LogP contribution in [-0.2, 0) is 17.6 Å². The van der Waals surface area contributed by atoms with E-state index in [0.717, 1.165) is 12.0 Å². The molecule has 1 aromatic heterocycles. The lowest BCUT2D eigenvalue weighted by Crippen LogP contribution is -2.30. The zero-order valence-electron chi connectivity index (χ0n) is 12.7. The minimum Gasteiger partial charge on any atom is -0.505 e. The Morgan fingerprint density at radius 3 is 2.52 bits per heavy atom. The number of aromatic hydroxyl groups is 1. The monoisotopic (exact) mass is 314 g/mol. The Morgan fingerprint density at radius 1 is 1.17 bits per heavy atom. The number of rotatable bonds is 6. The van der Waals surface area contributed by atoms with Crippen molar-refractivity contribution in [3.63, 3.8) is 0 Å². The van der Waals surface area contributed by atoms with Gasteiger partial charge in [-0.2, -0.15) is 0 Å². The van der Waals surface area contributed by atoms with Gasteiger partial charge in [0.15, 0.2) is 5.69 Å². The van der Waals surface area contributed by atoms with Crippen LogP contribution in [0.3, 0.4) is 0 Å². The number of amides is 1. The lowest BCUT2D eigenvalue weighted by molar-refractivity contribution is -0.135. The molecule has 1 aromatic carbocycles. The molecule has 6 heteroatoms. The van der Waals surface area contributed by atoms with Crippen LogP contribution in [0, 0.1) is 6.92 Å². The standard InChI is InChI=1S/C17H18N2O4/c1-11-13(8-7-12-5-3-2-4-6-12)9-18-15(16(11)22)17(23)19-10-14(20)21/h2-6,9,22H,7-8,10H2,1H3,(H,19,23)(H,20,21). The molecule has 1 amide bonds. The van der Waals surface area contributed by atoms with Gasteiger partial charge in [0.25, 0.3) is 5.91 Å². The Bertz CT molecular complexity index is 714. The van der Waals surface area contributed by atoms with Crippen LogP contribution >= 0.6 is 0 Å². The largest absolute Gasteiger partial charge is 0.505 e. The van der Waals surface area contributed by atoms with E-state index in [0.29, 0.717) is 12.0 Å². The van der Waals surface area contributed by atoms with Gasteiger partial charge >= 0.3 is 5.97 Å². The summed E-state index contributed by atoms with van der Waals surface area (Å²) in [5.74, 6) is -2.07. The number of nitrogens with zero attached hydrogens (tertiary/aromatic N) is 1. The number of hydrogen-bond donors (Lipinski definition) is 3. The number of hydrogen-bond acceptors (Lipinski definition) is 4. The van der Waals surface area contributed by atoms with Crippen molar-refractivity contribution in [2.45, 2.75) is 19.8 Å². The summed E-state index contributed by atoms with van der Waals surface area (Å²) < 4.78 is 0. The predicted molar refractivity (Wildman–Crippen MR) is 84.5 cm³/mol. The van der Waals surface area contributed by atoms with Gasteiger partial charge in [0.1, 0.15) is 12.3 Å². The van der Waals surface area contributed by atoms with Crippen LogP contribution in [0.5, 0.6) is 5.75 Å². The zero-order chi connectivity index (χ0) is 16.8. The summed E-state index contributed by atoms with van der Waals surface area (Å²) in [4.78, 5) is 26.3. The Morgan fingerprint density at radius 2 is 1.87 bits per heavy atom. The zero-order valence-corrected chi connectivity index (χ0v) is 12.7. The Hall–Kier alpha value is -2.89. The summed E-state index contributed by atoms with van der Waals surface area (Å²) >= 11 is 0. The first-order chi connectivity index (χ1) is 11.0. The molecule has 0 aliphatic heterocycles. The molecule has 2 rings (SSSR count). The summed E-state index contributed by atoms with van der Waals surface area (Å²) in [7, 11) is 0. The minimum atomic E-state index is -1.16. The number of aromatic nitrogens is 1. The quantitative estimate of drug-likeness (QED) is 0.753. The number of carbonyl (C=O) groups is 2. The third kappa shape index (κ3) is 4.29. The van der Waals surface area contributed by atoms with Gasteiger partial charge in [-0.3, -0.25) is 9.59 Å². The SMILES string of the molecule is Cc1c(CCc2ccccc2)cnc(C(=O)NCC(=O)O)c1O. The highest BCUT2D eigenvalue weighted by atomic mass is 16.4. The first-order valence-corrected chi connectivity index (χ1v) is 7.20. The highest BCUT2D eigenvalue weighted by Gasteiger charge is 2.17. The van der Waals surface area contributed by atoms with E-state index in [2.05, 4.69) is 10.3 Å². The smallest absolute Gasteiger partial charge is 0.322 e. The average molecular weight is 314 g/mol. The van der Waals surface area contributed by atoms with E-state index in [-0.39, 0.29) is 11.4 Å². The maximum Gasteiger partial charge on any atom is 0.322 e. The molecule has 0 saturated carbocycles. The molecule has 0 aliphatic carbocycles. The van der Waals surface area contributed by atoms with E-state index in [1.54, 1.807) is 13.1 Å². The van der Waals surface area contributed by atoms with E-state index in [1.807, 2.05) is 30.3 Å². The molecule has 0 aliphatic rings. The number of carbonyl (C=O) groups excluding carboxylic acids is 1. The molecule has 0 spiro atoms. The van der Waals surface area contributed by atoms with E-state index in [4.69, 9.17) is 5.11 Å². The number of aliphatic carboxylic acids is 1. The average Bonchev–Trinajstić information content (AvgIpc) is 2.55. The Balaban J connectivity index is 2.10. The van der Waals surface area contributed by atoms with Crippen molar-refractivity contribution >= 4 is 11.9 Å². The summed E-state index contributed by atoms with van der Waals surface area (Å²) in [5, 5.41) is 20.9. The molecule has 0 unspecified atom stereocenters. The highest BCUT2D eigenvalue weighted by molar-refractivity contribution is 5.96. The van der Waals surface area contributed by atoms with E-state index in [1.165, 1.54) is 5.56 Å². The first kappa shape index (κ1) is 16.5. The third-order valence-corrected chi connectivity index (χ3v) is 3.55. The van der Waals surface area contributed by atoms with Crippen LogP contribution in [0.2, 0.25) is 0 Å². The van der Waals surface area contributed by atoms with Crippen molar-refractivity contribution in [3.05, 3.63) is 58.9 Å².